The molecule has 1 unspecified atom stereocenters. The van der Waals surface area contributed by atoms with Crippen LogP contribution in [0.1, 0.15) is 39.1 Å². The van der Waals surface area contributed by atoms with Gasteiger partial charge in [0.05, 0.1) is 9.83 Å². The largest absolute Gasteiger partial charge is 0.466 e. The van der Waals surface area contributed by atoms with Gasteiger partial charge >= 0.3 is 0 Å². The molecule has 4 heteroatoms. The Morgan fingerprint density at radius 3 is 2.29 bits per heavy atom. The van der Waals surface area contributed by atoms with Crippen molar-refractivity contribution in [3.63, 3.8) is 0 Å². The van der Waals surface area contributed by atoms with E-state index in [0.717, 1.165) is 26.4 Å². The van der Waals surface area contributed by atoms with Crippen molar-refractivity contribution in [2.75, 3.05) is 0 Å². The summed E-state index contributed by atoms with van der Waals surface area (Å²) >= 11 is 5.23. The van der Waals surface area contributed by atoms with E-state index in [-0.39, 0.29) is 6.04 Å². The molecule has 1 atom stereocenters. The van der Waals surface area contributed by atoms with Crippen LogP contribution < -0.4 is 5.73 Å². The first-order chi connectivity index (χ1) is 7.91. The van der Waals surface area contributed by atoms with E-state index in [9.17, 15) is 0 Å². The third-order valence-electron chi connectivity index (χ3n) is 3.11. The van der Waals surface area contributed by atoms with Crippen LogP contribution in [0.15, 0.2) is 14.3 Å². The Labute approximate surface area is 114 Å². The molecule has 0 saturated heterocycles. The molecule has 0 amide bonds. The molecule has 0 radical (unpaired) electrons. The molecule has 2 nitrogen and oxygen atoms in total. The maximum Gasteiger partial charge on any atom is 0.106 e. The van der Waals surface area contributed by atoms with E-state index in [1.54, 1.807) is 11.3 Å². The summed E-state index contributed by atoms with van der Waals surface area (Å²) in [5.41, 5.74) is 9.86. The zero-order chi connectivity index (χ0) is 12.7. The van der Waals surface area contributed by atoms with E-state index < -0.39 is 0 Å². The Bertz CT molecular complexity index is 537. The van der Waals surface area contributed by atoms with Crippen LogP contribution in [0.2, 0.25) is 0 Å². The lowest BCUT2D eigenvalue weighted by Gasteiger charge is -2.09. The minimum atomic E-state index is -0.0950. The maximum atomic E-state index is 6.34. The van der Waals surface area contributed by atoms with Crippen LogP contribution in [0.25, 0.3) is 0 Å². The van der Waals surface area contributed by atoms with Crippen LogP contribution in [-0.4, -0.2) is 0 Å². The molecule has 0 saturated carbocycles. The van der Waals surface area contributed by atoms with Crippen LogP contribution in [0, 0.1) is 27.7 Å². The van der Waals surface area contributed by atoms with E-state index in [4.69, 9.17) is 10.2 Å². The molecule has 0 bridgehead atoms. The molecule has 0 aliphatic rings. The molecule has 2 aromatic rings. The normalized spacial score (nSPS) is 13.1. The number of nitrogens with two attached hydrogens (primary N) is 1. The Balaban J connectivity index is 2.46. The van der Waals surface area contributed by atoms with Gasteiger partial charge in [0.2, 0.25) is 0 Å². The minimum absolute atomic E-state index is 0.0950. The number of rotatable bonds is 2. The van der Waals surface area contributed by atoms with Crippen LogP contribution >= 0.6 is 27.3 Å². The fourth-order valence-electron chi connectivity index (χ4n) is 2.05. The Kier molecular flexibility index (Phi) is 3.48. The van der Waals surface area contributed by atoms with Crippen molar-refractivity contribution in [1.29, 1.82) is 0 Å². The zero-order valence-electron chi connectivity index (χ0n) is 10.4. The highest BCUT2D eigenvalue weighted by Gasteiger charge is 2.21. The fraction of sp³-hybridized carbons (Fsp3) is 0.385. The first kappa shape index (κ1) is 12.9. The minimum Gasteiger partial charge on any atom is -0.466 e. The number of thiophene rings is 1. The molecule has 2 heterocycles. The van der Waals surface area contributed by atoms with E-state index in [1.807, 2.05) is 13.8 Å². The summed E-state index contributed by atoms with van der Waals surface area (Å²) in [7, 11) is 0. The first-order valence-corrected chi connectivity index (χ1v) is 7.10. The van der Waals surface area contributed by atoms with Gasteiger partial charge in [-0.15, -0.1) is 11.3 Å². The predicted molar refractivity (Wildman–Crippen MR) is 75.7 cm³/mol. The second kappa shape index (κ2) is 4.59. The molecule has 2 rings (SSSR count). The summed E-state index contributed by atoms with van der Waals surface area (Å²) in [6.07, 6.45) is 0. The smallest absolute Gasteiger partial charge is 0.106 e. The molecule has 0 fully saturated rings. The Morgan fingerprint density at radius 2 is 1.88 bits per heavy atom. The van der Waals surface area contributed by atoms with Gasteiger partial charge in [-0.25, -0.2) is 0 Å². The summed E-state index contributed by atoms with van der Waals surface area (Å²) < 4.78 is 6.79. The number of hydrogen-bond donors (Lipinski definition) is 1. The molecule has 2 N–H and O–H groups in total. The number of furan rings is 1. The van der Waals surface area contributed by atoms with Crippen molar-refractivity contribution in [3.05, 3.63) is 42.9 Å². The van der Waals surface area contributed by atoms with Gasteiger partial charge in [0, 0.05) is 10.4 Å². The van der Waals surface area contributed by atoms with Crippen LogP contribution in [-0.2, 0) is 0 Å². The highest BCUT2D eigenvalue weighted by atomic mass is 79.9. The quantitative estimate of drug-likeness (QED) is 0.893. The van der Waals surface area contributed by atoms with Gasteiger partial charge in [-0.2, -0.15) is 0 Å². The lowest BCUT2D eigenvalue weighted by Crippen LogP contribution is -2.11. The van der Waals surface area contributed by atoms with Crippen molar-refractivity contribution in [2.24, 2.45) is 5.73 Å². The lowest BCUT2D eigenvalue weighted by atomic mass is 10.0. The third-order valence-corrected chi connectivity index (χ3v) is 5.33. The Morgan fingerprint density at radius 1 is 1.24 bits per heavy atom. The number of halogens is 1. The highest BCUT2D eigenvalue weighted by molar-refractivity contribution is 9.11. The van der Waals surface area contributed by atoms with Crippen molar-refractivity contribution >= 4 is 27.3 Å². The summed E-state index contributed by atoms with van der Waals surface area (Å²) in [6, 6.07) is 2.04. The first-order valence-electron chi connectivity index (χ1n) is 5.49. The predicted octanol–water partition coefficient (Wildman–Crippen LogP) is 4.39. The summed E-state index contributed by atoms with van der Waals surface area (Å²) in [5, 5.41) is 0. The van der Waals surface area contributed by atoms with Gasteiger partial charge in [0.25, 0.3) is 0 Å². The summed E-state index contributed by atoms with van der Waals surface area (Å²) in [6.45, 7) is 8.10. The van der Waals surface area contributed by atoms with Gasteiger partial charge in [0.1, 0.15) is 11.5 Å². The zero-order valence-corrected chi connectivity index (χ0v) is 12.8. The molecule has 0 spiro atoms. The van der Waals surface area contributed by atoms with Crippen molar-refractivity contribution in [1.82, 2.24) is 0 Å². The van der Waals surface area contributed by atoms with Crippen LogP contribution in [0.5, 0.6) is 0 Å². The van der Waals surface area contributed by atoms with Crippen molar-refractivity contribution in [3.8, 4) is 0 Å². The van der Waals surface area contributed by atoms with Crippen molar-refractivity contribution < 1.29 is 4.42 Å². The van der Waals surface area contributed by atoms with Gasteiger partial charge in [-0.3, -0.25) is 0 Å². The van der Waals surface area contributed by atoms with E-state index in [2.05, 4.69) is 35.8 Å². The van der Waals surface area contributed by atoms with E-state index in [0.29, 0.717) is 0 Å². The topological polar surface area (TPSA) is 39.2 Å². The highest BCUT2D eigenvalue weighted by Crippen LogP contribution is 2.36. The average Bonchev–Trinajstić information content (AvgIpc) is 2.70. The molecule has 0 aromatic carbocycles. The summed E-state index contributed by atoms with van der Waals surface area (Å²) in [5.74, 6) is 1.88. The van der Waals surface area contributed by atoms with E-state index >= 15 is 0 Å². The third kappa shape index (κ3) is 2.21. The van der Waals surface area contributed by atoms with Crippen LogP contribution in [0.3, 0.4) is 0 Å². The fourth-order valence-corrected chi connectivity index (χ4v) is 3.63. The van der Waals surface area contributed by atoms with Gasteiger partial charge < -0.3 is 10.2 Å². The van der Waals surface area contributed by atoms with Gasteiger partial charge in [-0.1, -0.05) is 0 Å². The monoisotopic (exact) mass is 313 g/mol. The molecule has 2 aromatic heterocycles. The average molecular weight is 314 g/mol. The van der Waals surface area contributed by atoms with Crippen LogP contribution in [0.4, 0.5) is 0 Å². The molecule has 0 aliphatic heterocycles. The summed E-state index contributed by atoms with van der Waals surface area (Å²) in [4.78, 5) is 1.17. The van der Waals surface area contributed by atoms with Gasteiger partial charge in [0.15, 0.2) is 0 Å². The lowest BCUT2D eigenvalue weighted by molar-refractivity contribution is 0.498. The van der Waals surface area contributed by atoms with Gasteiger partial charge in [-0.05, 0) is 60.8 Å². The second-order valence-electron chi connectivity index (χ2n) is 4.34. The van der Waals surface area contributed by atoms with Crippen molar-refractivity contribution in [2.45, 2.75) is 33.7 Å². The second-order valence-corrected chi connectivity index (χ2v) is 6.74. The maximum absolute atomic E-state index is 6.34. The molecule has 92 valence electrons. The number of aryl methyl sites for hydroxylation is 3. The molecular weight excluding hydrogens is 298 g/mol. The molecular formula is C13H16BrNOS. The number of hydrogen-bond acceptors (Lipinski definition) is 3. The van der Waals surface area contributed by atoms with E-state index in [1.165, 1.54) is 10.4 Å². The molecule has 0 aliphatic carbocycles. The Hall–Kier alpha value is -0.580. The SMILES string of the molecule is Cc1cc(C(N)c2c(C)oc(C)c2C)sc1Br. The molecule has 17 heavy (non-hydrogen) atoms. The standard InChI is InChI=1S/C13H16BrNOS/c1-6-5-10(17-13(6)14)12(15)11-7(2)8(3)16-9(11)4/h5,12H,15H2,1-4H3.